The lowest BCUT2D eigenvalue weighted by molar-refractivity contribution is 0.458. The van der Waals surface area contributed by atoms with E-state index in [2.05, 4.69) is 12.6 Å². The maximum absolute atomic E-state index is 9.03. The van der Waals surface area contributed by atoms with Crippen molar-refractivity contribution in [3.05, 3.63) is 64.9 Å². The van der Waals surface area contributed by atoms with Gasteiger partial charge in [0.25, 0.3) is 0 Å². The zero-order chi connectivity index (χ0) is 12.0. The standard InChI is InChI=1S/C13H15NOS/c1-10(9-14)12(7-8-13(15)16)11-5-3-2-4-6-11/h2-9,15-16H,14H2,1H3/b10-9-,12-7+,13-8-. The number of aliphatic hydroxyl groups is 1. The lowest BCUT2D eigenvalue weighted by atomic mass is 9.99. The van der Waals surface area contributed by atoms with Crippen LogP contribution in [-0.4, -0.2) is 5.11 Å². The van der Waals surface area contributed by atoms with Gasteiger partial charge < -0.3 is 10.8 Å². The summed E-state index contributed by atoms with van der Waals surface area (Å²) in [6.07, 6.45) is 4.86. The van der Waals surface area contributed by atoms with Crippen LogP contribution >= 0.6 is 12.6 Å². The molecule has 0 bridgehead atoms. The molecule has 16 heavy (non-hydrogen) atoms. The van der Waals surface area contributed by atoms with Crippen LogP contribution in [0.5, 0.6) is 0 Å². The van der Waals surface area contributed by atoms with Gasteiger partial charge in [-0.2, -0.15) is 0 Å². The summed E-state index contributed by atoms with van der Waals surface area (Å²) in [6, 6.07) is 9.84. The first-order valence-electron chi connectivity index (χ1n) is 4.89. The van der Waals surface area contributed by atoms with Crippen molar-refractivity contribution in [2.24, 2.45) is 5.73 Å². The van der Waals surface area contributed by atoms with Crippen molar-refractivity contribution in [1.82, 2.24) is 0 Å². The van der Waals surface area contributed by atoms with E-state index in [1.165, 1.54) is 6.08 Å². The fraction of sp³-hybridized carbons (Fsp3) is 0.0769. The summed E-state index contributed by atoms with van der Waals surface area (Å²) < 4.78 is 0. The number of nitrogens with two attached hydrogens (primary N) is 1. The Morgan fingerprint density at radius 2 is 1.88 bits per heavy atom. The lowest BCUT2D eigenvalue weighted by Crippen LogP contribution is -1.90. The SMILES string of the molecule is CC(=C/N)/C(=C\C=C(\O)S)c1ccccc1. The molecule has 3 heteroatoms. The second-order valence-corrected chi connectivity index (χ2v) is 3.78. The van der Waals surface area contributed by atoms with Gasteiger partial charge in [-0.25, -0.2) is 0 Å². The molecule has 3 N–H and O–H groups in total. The quantitative estimate of drug-likeness (QED) is 0.426. The van der Waals surface area contributed by atoms with Gasteiger partial charge in [0, 0.05) is 0 Å². The molecule has 0 spiro atoms. The zero-order valence-corrected chi connectivity index (χ0v) is 9.99. The summed E-state index contributed by atoms with van der Waals surface area (Å²) in [4.78, 5) is 0. The number of allylic oxidation sites excluding steroid dienone is 4. The van der Waals surface area contributed by atoms with Crippen LogP contribution in [0.15, 0.2) is 59.3 Å². The largest absolute Gasteiger partial charge is 0.502 e. The molecule has 0 amide bonds. The summed E-state index contributed by atoms with van der Waals surface area (Å²) in [5.41, 5.74) is 8.46. The van der Waals surface area contributed by atoms with E-state index in [0.29, 0.717) is 0 Å². The minimum absolute atomic E-state index is 0.0294. The second kappa shape index (κ2) is 6.08. The van der Waals surface area contributed by atoms with Gasteiger partial charge in [0.15, 0.2) is 0 Å². The van der Waals surface area contributed by atoms with Gasteiger partial charge in [0.05, 0.1) is 0 Å². The van der Waals surface area contributed by atoms with Crippen LogP contribution < -0.4 is 5.73 Å². The first-order chi connectivity index (χ1) is 7.65. The molecule has 1 rings (SSSR count). The Bertz CT molecular complexity index is 429. The average Bonchev–Trinajstić information content (AvgIpc) is 2.30. The predicted molar refractivity (Wildman–Crippen MR) is 72.1 cm³/mol. The fourth-order valence-electron chi connectivity index (χ4n) is 1.32. The van der Waals surface area contributed by atoms with Crippen molar-refractivity contribution >= 4 is 18.2 Å². The van der Waals surface area contributed by atoms with Gasteiger partial charge in [-0.3, -0.25) is 0 Å². The number of rotatable bonds is 3. The van der Waals surface area contributed by atoms with Crippen LogP contribution in [0.25, 0.3) is 5.57 Å². The monoisotopic (exact) mass is 233 g/mol. The maximum Gasteiger partial charge on any atom is 0.146 e. The van der Waals surface area contributed by atoms with Gasteiger partial charge in [-0.05, 0) is 42.0 Å². The highest BCUT2D eigenvalue weighted by Gasteiger charge is 2.01. The molecular formula is C13H15NOS. The van der Waals surface area contributed by atoms with Gasteiger partial charge in [-0.1, -0.05) is 30.3 Å². The highest BCUT2D eigenvalue weighted by Crippen LogP contribution is 2.22. The van der Waals surface area contributed by atoms with Crippen molar-refractivity contribution in [2.75, 3.05) is 0 Å². The molecule has 84 valence electrons. The lowest BCUT2D eigenvalue weighted by Gasteiger charge is -2.06. The van der Waals surface area contributed by atoms with E-state index in [0.717, 1.165) is 16.7 Å². The number of thiol groups is 1. The highest BCUT2D eigenvalue weighted by atomic mass is 32.1. The Morgan fingerprint density at radius 3 is 2.38 bits per heavy atom. The molecule has 0 saturated carbocycles. The maximum atomic E-state index is 9.03. The molecule has 0 heterocycles. The van der Waals surface area contributed by atoms with Crippen LogP contribution in [0.4, 0.5) is 0 Å². The molecule has 0 aliphatic heterocycles. The van der Waals surface area contributed by atoms with Crippen molar-refractivity contribution in [3.8, 4) is 0 Å². The molecule has 0 radical (unpaired) electrons. The topological polar surface area (TPSA) is 46.2 Å². The second-order valence-electron chi connectivity index (χ2n) is 3.32. The smallest absolute Gasteiger partial charge is 0.146 e. The molecule has 0 saturated heterocycles. The van der Waals surface area contributed by atoms with E-state index in [1.807, 2.05) is 37.3 Å². The molecule has 0 unspecified atom stereocenters. The molecule has 0 aliphatic carbocycles. The normalized spacial score (nSPS) is 14.0. The van der Waals surface area contributed by atoms with Crippen LogP contribution in [0.1, 0.15) is 12.5 Å². The Labute approximate surface area is 101 Å². The third kappa shape index (κ3) is 3.51. The third-order valence-corrected chi connectivity index (χ3v) is 2.31. The minimum atomic E-state index is -0.0294. The predicted octanol–water partition coefficient (Wildman–Crippen LogP) is 3.26. The molecule has 1 aromatic rings. The Kier molecular flexibility index (Phi) is 4.73. The van der Waals surface area contributed by atoms with E-state index >= 15 is 0 Å². The van der Waals surface area contributed by atoms with E-state index in [1.54, 1.807) is 12.3 Å². The van der Waals surface area contributed by atoms with Gasteiger partial charge in [-0.15, -0.1) is 12.6 Å². The molecule has 1 aromatic carbocycles. The number of benzene rings is 1. The Morgan fingerprint density at radius 1 is 1.25 bits per heavy atom. The Balaban J connectivity index is 3.17. The third-order valence-electron chi connectivity index (χ3n) is 2.16. The molecule has 0 atom stereocenters. The summed E-state index contributed by atoms with van der Waals surface area (Å²) in [7, 11) is 0. The number of hydrogen-bond donors (Lipinski definition) is 3. The van der Waals surface area contributed by atoms with Crippen molar-refractivity contribution in [1.29, 1.82) is 0 Å². The number of aliphatic hydroxyl groups excluding tert-OH is 1. The molecule has 0 aromatic heterocycles. The van der Waals surface area contributed by atoms with E-state index < -0.39 is 0 Å². The average molecular weight is 233 g/mol. The van der Waals surface area contributed by atoms with Gasteiger partial charge in [0.1, 0.15) is 5.09 Å². The molecule has 0 aliphatic rings. The van der Waals surface area contributed by atoms with E-state index in [-0.39, 0.29) is 5.09 Å². The van der Waals surface area contributed by atoms with Crippen LogP contribution in [-0.2, 0) is 0 Å². The Hall–Kier alpha value is -1.61. The summed E-state index contributed by atoms with van der Waals surface area (Å²) in [5, 5.41) is 9.00. The first-order valence-corrected chi connectivity index (χ1v) is 5.34. The van der Waals surface area contributed by atoms with Gasteiger partial charge in [0.2, 0.25) is 0 Å². The van der Waals surface area contributed by atoms with Crippen molar-refractivity contribution in [3.63, 3.8) is 0 Å². The van der Waals surface area contributed by atoms with Crippen LogP contribution in [0.2, 0.25) is 0 Å². The fourth-order valence-corrected chi connectivity index (χ4v) is 1.40. The van der Waals surface area contributed by atoms with E-state index in [9.17, 15) is 0 Å². The highest BCUT2D eigenvalue weighted by molar-refractivity contribution is 7.84. The first kappa shape index (κ1) is 12.5. The number of hydrogen-bond acceptors (Lipinski definition) is 3. The summed E-state index contributed by atoms with van der Waals surface area (Å²) in [6.45, 7) is 1.92. The van der Waals surface area contributed by atoms with E-state index in [4.69, 9.17) is 10.8 Å². The van der Waals surface area contributed by atoms with Crippen molar-refractivity contribution in [2.45, 2.75) is 6.92 Å². The molecule has 0 fully saturated rings. The summed E-state index contributed by atoms with van der Waals surface area (Å²) >= 11 is 3.80. The summed E-state index contributed by atoms with van der Waals surface area (Å²) in [5.74, 6) is 0. The van der Waals surface area contributed by atoms with Crippen LogP contribution in [0.3, 0.4) is 0 Å². The molecular weight excluding hydrogens is 218 g/mol. The van der Waals surface area contributed by atoms with Crippen LogP contribution in [0, 0.1) is 0 Å². The van der Waals surface area contributed by atoms with Gasteiger partial charge >= 0.3 is 0 Å². The molecule has 2 nitrogen and oxygen atoms in total. The zero-order valence-electron chi connectivity index (χ0n) is 9.09. The minimum Gasteiger partial charge on any atom is -0.502 e. The van der Waals surface area contributed by atoms with Crippen molar-refractivity contribution < 1.29 is 5.11 Å².